The van der Waals surface area contributed by atoms with Crippen molar-refractivity contribution in [1.29, 1.82) is 0 Å². The summed E-state index contributed by atoms with van der Waals surface area (Å²) in [5, 5.41) is 12.6. The van der Waals surface area contributed by atoms with Crippen LogP contribution in [0.2, 0.25) is 0 Å². The topological polar surface area (TPSA) is 196 Å². The fraction of sp³-hybridized carbons (Fsp3) is 0.302. The minimum Gasteiger partial charge on any atom is -0.382 e. The average Bonchev–Trinajstić information content (AvgIpc) is 3.97. The number of rotatable bonds is 13. The van der Waals surface area contributed by atoms with Crippen molar-refractivity contribution in [3.8, 4) is 0 Å². The van der Waals surface area contributed by atoms with Crippen LogP contribution in [0.15, 0.2) is 85.1 Å². The minimum absolute atomic E-state index is 0.0505. The number of amides is 7. The molecule has 5 aliphatic rings. The lowest BCUT2D eigenvalue weighted by molar-refractivity contribution is -0.136. The molecule has 7 amide bonds. The SMILES string of the molecule is O=C1CCC(N2C(=O)c3cccc(NCCOCCNCc4ccnc5c(NC(=O)c6ccc(N7C(=O)[C@@H]8[C@@H]9C=CC(C9)[C@@H]8C7=O)cc6)cccc45)c3C2=O)C(=O)N1. The molecule has 3 aromatic carbocycles. The zero-order valence-electron chi connectivity index (χ0n) is 31.2. The van der Waals surface area contributed by atoms with Gasteiger partial charge in [-0.25, -0.2) is 0 Å². The van der Waals surface area contributed by atoms with Crippen molar-refractivity contribution in [1.82, 2.24) is 20.5 Å². The molecule has 294 valence electrons. The van der Waals surface area contributed by atoms with Crippen LogP contribution >= 0.6 is 0 Å². The lowest BCUT2D eigenvalue weighted by Crippen LogP contribution is -2.54. The van der Waals surface area contributed by atoms with E-state index in [0.717, 1.165) is 22.3 Å². The summed E-state index contributed by atoms with van der Waals surface area (Å²) in [7, 11) is 0. The molecule has 5 atom stereocenters. The fourth-order valence-electron chi connectivity index (χ4n) is 8.99. The van der Waals surface area contributed by atoms with Gasteiger partial charge in [-0.1, -0.05) is 30.4 Å². The van der Waals surface area contributed by atoms with Gasteiger partial charge in [0.1, 0.15) is 6.04 Å². The van der Waals surface area contributed by atoms with Gasteiger partial charge >= 0.3 is 0 Å². The Labute approximate surface area is 332 Å². The maximum absolute atomic E-state index is 13.3. The highest BCUT2D eigenvalue weighted by molar-refractivity contribution is 6.26. The standard InChI is InChI=1S/C43H39N7O8/c51-33-14-13-32(39(53)48-33)50-40(54)29-4-2-5-30(36(29)43(50)57)45-18-20-58-19-17-44-22-26-15-16-46-37-28(26)3-1-6-31(37)47-38(52)23-9-11-27(12-10-23)49-41(55)34-24-7-8-25(21-24)35(34)42(49)56/h1-12,15-16,24-25,32,34-35,44-45H,13-14,17-22H2,(H,47,52)(H,48,51,53)/t24-,25?,32?,34-,35+/m1/s1. The van der Waals surface area contributed by atoms with Crippen molar-refractivity contribution in [2.75, 3.05) is 41.8 Å². The van der Waals surface area contributed by atoms with Gasteiger partial charge in [0.2, 0.25) is 23.6 Å². The Balaban J connectivity index is 0.749. The molecule has 2 unspecified atom stereocenters. The highest BCUT2D eigenvalue weighted by atomic mass is 16.5. The zero-order chi connectivity index (χ0) is 40.1. The van der Waals surface area contributed by atoms with E-state index in [9.17, 15) is 33.6 Å². The molecular weight excluding hydrogens is 743 g/mol. The second-order valence-corrected chi connectivity index (χ2v) is 15.1. The number of imide groups is 3. The molecule has 2 bridgehead atoms. The number of hydrogen-bond acceptors (Lipinski definition) is 11. The number of nitrogens with zero attached hydrogens (tertiary/aromatic N) is 3. The molecule has 0 spiro atoms. The van der Waals surface area contributed by atoms with Crippen LogP contribution in [-0.4, -0.2) is 83.6 Å². The van der Waals surface area contributed by atoms with Crippen molar-refractivity contribution < 1.29 is 38.3 Å². The highest BCUT2D eigenvalue weighted by Gasteiger charge is 2.59. The average molecular weight is 782 g/mol. The van der Waals surface area contributed by atoms with Crippen molar-refractivity contribution in [3.05, 3.63) is 107 Å². The number of para-hydroxylation sites is 1. The Morgan fingerprint density at radius 3 is 2.31 bits per heavy atom. The van der Waals surface area contributed by atoms with Crippen LogP contribution in [0.5, 0.6) is 0 Å². The van der Waals surface area contributed by atoms with Gasteiger partial charge < -0.3 is 20.7 Å². The van der Waals surface area contributed by atoms with Gasteiger partial charge in [-0.05, 0) is 78.8 Å². The smallest absolute Gasteiger partial charge is 0.264 e. The van der Waals surface area contributed by atoms with Crippen LogP contribution in [0.3, 0.4) is 0 Å². The van der Waals surface area contributed by atoms with Crippen LogP contribution in [0.4, 0.5) is 17.1 Å². The van der Waals surface area contributed by atoms with E-state index in [2.05, 4.69) is 38.4 Å². The molecular formula is C43H39N7O8. The molecule has 1 aromatic heterocycles. The zero-order valence-corrected chi connectivity index (χ0v) is 31.2. The van der Waals surface area contributed by atoms with E-state index >= 15 is 0 Å². The number of nitrogens with one attached hydrogen (secondary N) is 4. The largest absolute Gasteiger partial charge is 0.382 e. The van der Waals surface area contributed by atoms with Gasteiger partial charge in [0, 0.05) is 48.9 Å². The molecule has 3 aliphatic heterocycles. The second-order valence-electron chi connectivity index (χ2n) is 15.1. The Hall–Kier alpha value is -6.58. The summed E-state index contributed by atoms with van der Waals surface area (Å²) in [6.07, 6.45) is 6.82. The second kappa shape index (κ2) is 15.1. The number of pyridine rings is 1. The summed E-state index contributed by atoms with van der Waals surface area (Å²) in [4.78, 5) is 97.0. The number of benzene rings is 3. The summed E-state index contributed by atoms with van der Waals surface area (Å²) >= 11 is 0. The van der Waals surface area contributed by atoms with E-state index in [1.165, 1.54) is 4.90 Å². The lowest BCUT2D eigenvalue weighted by Gasteiger charge is -2.27. The summed E-state index contributed by atoms with van der Waals surface area (Å²) in [6, 6.07) is 17.9. The molecule has 2 saturated heterocycles. The first-order valence-corrected chi connectivity index (χ1v) is 19.4. The van der Waals surface area contributed by atoms with Crippen LogP contribution < -0.4 is 26.2 Å². The number of aromatic nitrogens is 1. The molecule has 4 aromatic rings. The first-order chi connectivity index (χ1) is 28.2. The Morgan fingerprint density at radius 2 is 1.55 bits per heavy atom. The first-order valence-electron chi connectivity index (χ1n) is 19.4. The van der Waals surface area contributed by atoms with Gasteiger partial charge in [-0.2, -0.15) is 0 Å². The number of fused-ring (bicyclic) bond motifs is 7. The van der Waals surface area contributed by atoms with E-state index in [1.807, 2.05) is 18.2 Å². The maximum Gasteiger partial charge on any atom is 0.264 e. The lowest BCUT2D eigenvalue weighted by atomic mass is 9.85. The molecule has 2 aliphatic carbocycles. The van der Waals surface area contributed by atoms with Gasteiger partial charge in [-0.3, -0.25) is 53.7 Å². The molecule has 4 heterocycles. The third-order valence-corrected chi connectivity index (χ3v) is 11.7. The number of carbonyl (C=O) groups is 7. The number of anilines is 3. The van der Waals surface area contributed by atoms with Crippen molar-refractivity contribution in [2.45, 2.75) is 31.8 Å². The Morgan fingerprint density at radius 1 is 0.828 bits per heavy atom. The van der Waals surface area contributed by atoms with Gasteiger partial charge in [0.25, 0.3) is 17.7 Å². The number of allylic oxidation sites excluding steroid dienone is 2. The quantitative estimate of drug-likeness (QED) is 0.0882. The third-order valence-electron chi connectivity index (χ3n) is 11.7. The first kappa shape index (κ1) is 37.0. The predicted octanol–water partition coefficient (Wildman–Crippen LogP) is 3.42. The normalized spacial score (nSPS) is 23.2. The van der Waals surface area contributed by atoms with Crippen LogP contribution in [0.25, 0.3) is 10.9 Å². The molecule has 15 heteroatoms. The molecule has 4 N–H and O–H groups in total. The van der Waals surface area contributed by atoms with Gasteiger partial charge in [-0.15, -0.1) is 0 Å². The highest BCUT2D eigenvalue weighted by Crippen LogP contribution is 2.53. The van der Waals surface area contributed by atoms with E-state index in [0.29, 0.717) is 61.0 Å². The molecule has 15 nitrogen and oxygen atoms in total. The van der Waals surface area contributed by atoms with Crippen molar-refractivity contribution in [2.24, 2.45) is 23.7 Å². The van der Waals surface area contributed by atoms with Gasteiger partial charge in [0.05, 0.1) is 53.1 Å². The fourth-order valence-corrected chi connectivity index (χ4v) is 8.99. The molecule has 58 heavy (non-hydrogen) atoms. The number of hydrogen-bond donors (Lipinski definition) is 4. The number of ether oxygens (including phenoxy) is 1. The van der Waals surface area contributed by atoms with Crippen LogP contribution in [-0.2, 0) is 30.5 Å². The van der Waals surface area contributed by atoms with E-state index in [1.54, 1.807) is 54.7 Å². The monoisotopic (exact) mass is 781 g/mol. The number of carbonyl (C=O) groups excluding carboxylic acids is 7. The van der Waals surface area contributed by atoms with E-state index in [4.69, 9.17) is 4.74 Å². The summed E-state index contributed by atoms with van der Waals surface area (Å²) in [6.45, 7) is 2.14. The van der Waals surface area contributed by atoms with E-state index < -0.39 is 29.7 Å². The summed E-state index contributed by atoms with van der Waals surface area (Å²) in [5.74, 6) is -3.22. The van der Waals surface area contributed by atoms with Gasteiger partial charge in [0.15, 0.2) is 0 Å². The molecule has 1 saturated carbocycles. The Kier molecular flexibility index (Phi) is 9.61. The Bertz CT molecular complexity index is 2420. The van der Waals surface area contributed by atoms with Crippen molar-refractivity contribution >= 4 is 69.3 Å². The van der Waals surface area contributed by atoms with E-state index in [-0.39, 0.29) is 65.4 Å². The maximum atomic E-state index is 13.3. The summed E-state index contributed by atoms with van der Waals surface area (Å²) in [5.41, 5.74) is 3.86. The summed E-state index contributed by atoms with van der Waals surface area (Å²) < 4.78 is 5.80. The molecule has 0 radical (unpaired) electrons. The van der Waals surface area contributed by atoms with Crippen molar-refractivity contribution in [3.63, 3.8) is 0 Å². The third kappa shape index (κ3) is 6.41. The minimum atomic E-state index is -1.03. The number of piperidine rings is 1. The van der Waals surface area contributed by atoms with Crippen LogP contribution in [0, 0.1) is 23.7 Å². The molecule has 9 rings (SSSR count). The predicted molar refractivity (Wildman–Crippen MR) is 210 cm³/mol. The van der Waals surface area contributed by atoms with Crippen LogP contribution in [0.1, 0.15) is 55.9 Å². The molecule has 3 fully saturated rings.